The predicted octanol–water partition coefficient (Wildman–Crippen LogP) is 1.29. The molecule has 92 valence electrons. The second kappa shape index (κ2) is 4.63. The van der Waals surface area contributed by atoms with Crippen molar-refractivity contribution >= 4 is 5.82 Å². The normalized spacial score (nSPS) is 23.8. The number of hydrogen-bond donors (Lipinski definition) is 1. The minimum atomic E-state index is 0.620. The Morgan fingerprint density at radius 1 is 1.41 bits per heavy atom. The molecule has 1 aromatic heterocycles. The van der Waals surface area contributed by atoms with Crippen LogP contribution >= 0.6 is 0 Å². The Morgan fingerprint density at radius 3 is 3.24 bits per heavy atom. The molecule has 0 radical (unpaired) electrons. The van der Waals surface area contributed by atoms with Crippen LogP contribution in [-0.2, 0) is 18.0 Å². The van der Waals surface area contributed by atoms with Gasteiger partial charge in [-0.2, -0.15) is 0 Å². The largest absolute Gasteiger partial charge is 0.370 e. The summed E-state index contributed by atoms with van der Waals surface area (Å²) >= 11 is 0. The molecule has 1 saturated heterocycles. The van der Waals surface area contributed by atoms with Crippen molar-refractivity contribution in [3.05, 3.63) is 23.4 Å². The van der Waals surface area contributed by atoms with Crippen molar-refractivity contribution in [1.82, 2.24) is 4.98 Å². The third kappa shape index (κ3) is 2.15. The highest BCUT2D eigenvalue weighted by Gasteiger charge is 2.21. The van der Waals surface area contributed by atoms with Crippen LogP contribution in [0.25, 0.3) is 0 Å². The number of anilines is 1. The molecule has 1 aromatic rings. The molecule has 2 N–H and O–H groups in total. The van der Waals surface area contributed by atoms with Gasteiger partial charge >= 0.3 is 0 Å². The van der Waals surface area contributed by atoms with Crippen molar-refractivity contribution in [2.45, 2.75) is 26.1 Å². The number of aromatic nitrogens is 1. The first-order valence-electron chi connectivity index (χ1n) is 6.38. The van der Waals surface area contributed by atoms with Crippen molar-refractivity contribution in [3.8, 4) is 0 Å². The number of ether oxygens (including phenoxy) is 1. The summed E-state index contributed by atoms with van der Waals surface area (Å²) in [4.78, 5) is 7.07. The summed E-state index contributed by atoms with van der Waals surface area (Å²) in [5.74, 6) is 1.71. The quantitative estimate of drug-likeness (QED) is 0.836. The lowest BCUT2D eigenvalue weighted by molar-refractivity contribution is 0.133. The number of nitrogens with two attached hydrogens (primary N) is 1. The Bertz CT molecular complexity index is 408. The van der Waals surface area contributed by atoms with Crippen LogP contribution in [0.5, 0.6) is 0 Å². The fourth-order valence-corrected chi connectivity index (χ4v) is 2.67. The predicted molar refractivity (Wildman–Crippen MR) is 66.7 cm³/mol. The van der Waals surface area contributed by atoms with Gasteiger partial charge in [0.15, 0.2) is 0 Å². The summed E-state index contributed by atoms with van der Waals surface area (Å²) in [5.41, 5.74) is 8.11. The number of pyridine rings is 1. The van der Waals surface area contributed by atoms with Crippen molar-refractivity contribution in [3.63, 3.8) is 0 Å². The average Bonchev–Trinajstić information content (AvgIpc) is 2.86. The Balaban J connectivity index is 1.79. The van der Waals surface area contributed by atoms with Gasteiger partial charge in [-0.15, -0.1) is 0 Å². The maximum Gasteiger partial charge on any atom is 0.128 e. The summed E-state index contributed by atoms with van der Waals surface area (Å²) < 4.78 is 5.40. The lowest BCUT2D eigenvalue weighted by Crippen LogP contribution is -2.38. The first-order chi connectivity index (χ1) is 8.36. The molecule has 1 unspecified atom stereocenters. The minimum Gasteiger partial charge on any atom is -0.370 e. The van der Waals surface area contributed by atoms with Gasteiger partial charge in [-0.1, -0.05) is 6.07 Å². The molecule has 4 heteroatoms. The van der Waals surface area contributed by atoms with Gasteiger partial charge in [0.2, 0.25) is 0 Å². The van der Waals surface area contributed by atoms with Crippen molar-refractivity contribution in [2.75, 3.05) is 24.5 Å². The lowest BCUT2D eigenvalue weighted by Gasteiger charge is -2.33. The van der Waals surface area contributed by atoms with Gasteiger partial charge < -0.3 is 15.4 Å². The third-order valence-electron chi connectivity index (χ3n) is 3.73. The highest BCUT2D eigenvalue weighted by atomic mass is 16.5. The fourth-order valence-electron chi connectivity index (χ4n) is 2.67. The molecular weight excluding hydrogens is 214 g/mol. The van der Waals surface area contributed by atoms with Crippen molar-refractivity contribution in [2.24, 2.45) is 11.7 Å². The maximum atomic E-state index is 5.77. The van der Waals surface area contributed by atoms with E-state index in [0.717, 1.165) is 31.1 Å². The highest BCUT2D eigenvalue weighted by Crippen LogP contribution is 2.25. The number of rotatable bonds is 2. The SMILES string of the molecule is NCC1CCCN(c2ccc3c(n2)COC3)C1. The molecular formula is C13H19N3O. The molecule has 2 aliphatic rings. The summed E-state index contributed by atoms with van der Waals surface area (Å²) in [6.07, 6.45) is 2.47. The topological polar surface area (TPSA) is 51.4 Å². The summed E-state index contributed by atoms with van der Waals surface area (Å²) in [5, 5.41) is 0. The van der Waals surface area contributed by atoms with Gasteiger partial charge in [0.1, 0.15) is 5.82 Å². The van der Waals surface area contributed by atoms with Gasteiger partial charge in [0, 0.05) is 18.7 Å². The average molecular weight is 233 g/mol. The first-order valence-corrected chi connectivity index (χ1v) is 6.38. The van der Waals surface area contributed by atoms with Crippen LogP contribution in [-0.4, -0.2) is 24.6 Å². The third-order valence-corrected chi connectivity index (χ3v) is 3.73. The Morgan fingerprint density at radius 2 is 2.35 bits per heavy atom. The molecule has 3 rings (SSSR count). The molecule has 4 nitrogen and oxygen atoms in total. The Hall–Kier alpha value is -1.13. The van der Waals surface area contributed by atoms with Gasteiger partial charge in [0.25, 0.3) is 0 Å². The van der Waals surface area contributed by atoms with Crippen molar-refractivity contribution < 1.29 is 4.74 Å². The molecule has 0 bridgehead atoms. The van der Waals surface area contributed by atoms with E-state index >= 15 is 0 Å². The van der Waals surface area contributed by atoms with Gasteiger partial charge in [-0.05, 0) is 31.4 Å². The molecule has 1 fully saturated rings. The molecule has 2 aliphatic heterocycles. The van der Waals surface area contributed by atoms with Crippen LogP contribution in [0.3, 0.4) is 0 Å². The van der Waals surface area contributed by atoms with E-state index in [1.54, 1.807) is 0 Å². The number of piperidine rings is 1. The van der Waals surface area contributed by atoms with Crippen LogP contribution in [0.1, 0.15) is 24.1 Å². The molecule has 0 saturated carbocycles. The molecule has 0 spiro atoms. The second-order valence-corrected chi connectivity index (χ2v) is 4.96. The molecule has 0 aliphatic carbocycles. The van der Waals surface area contributed by atoms with Crippen molar-refractivity contribution in [1.29, 1.82) is 0 Å². The Labute approximate surface area is 102 Å². The number of hydrogen-bond acceptors (Lipinski definition) is 4. The fraction of sp³-hybridized carbons (Fsp3) is 0.615. The second-order valence-electron chi connectivity index (χ2n) is 4.96. The summed E-state index contributed by atoms with van der Waals surface area (Å²) in [7, 11) is 0. The number of nitrogens with zero attached hydrogens (tertiary/aromatic N) is 2. The van der Waals surface area contributed by atoms with Crippen LogP contribution < -0.4 is 10.6 Å². The van der Waals surface area contributed by atoms with E-state index in [4.69, 9.17) is 15.5 Å². The lowest BCUT2D eigenvalue weighted by atomic mass is 9.98. The van der Waals surface area contributed by atoms with Crippen LogP contribution in [0.15, 0.2) is 12.1 Å². The maximum absolute atomic E-state index is 5.77. The number of fused-ring (bicyclic) bond motifs is 1. The molecule has 0 amide bonds. The zero-order valence-corrected chi connectivity index (χ0v) is 10.1. The van der Waals surface area contributed by atoms with Crippen LogP contribution in [0.2, 0.25) is 0 Å². The van der Waals surface area contributed by atoms with E-state index in [9.17, 15) is 0 Å². The Kier molecular flexibility index (Phi) is 2.99. The highest BCUT2D eigenvalue weighted by molar-refractivity contribution is 5.42. The van der Waals surface area contributed by atoms with E-state index in [1.807, 2.05) is 0 Å². The monoisotopic (exact) mass is 233 g/mol. The van der Waals surface area contributed by atoms with E-state index in [2.05, 4.69) is 17.0 Å². The van der Waals surface area contributed by atoms with E-state index in [1.165, 1.54) is 18.4 Å². The zero-order chi connectivity index (χ0) is 11.7. The smallest absolute Gasteiger partial charge is 0.128 e. The molecule has 17 heavy (non-hydrogen) atoms. The van der Waals surface area contributed by atoms with E-state index in [0.29, 0.717) is 19.1 Å². The van der Waals surface area contributed by atoms with Gasteiger partial charge in [-0.3, -0.25) is 0 Å². The summed E-state index contributed by atoms with van der Waals surface area (Å²) in [6, 6.07) is 4.27. The summed E-state index contributed by atoms with van der Waals surface area (Å²) in [6.45, 7) is 4.31. The molecule has 3 heterocycles. The molecule has 1 atom stereocenters. The standard InChI is InChI=1S/C13H19N3O/c14-6-10-2-1-5-16(7-10)13-4-3-11-8-17-9-12(11)15-13/h3-4,10H,1-2,5-9,14H2. The van der Waals surface area contributed by atoms with E-state index < -0.39 is 0 Å². The molecule has 0 aromatic carbocycles. The van der Waals surface area contributed by atoms with Gasteiger partial charge in [-0.25, -0.2) is 4.98 Å². The van der Waals surface area contributed by atoms with Gasteiger partial charge in [0.05, 0.1) is 18.9 Å². The van der Waals surface area contributed by atoms with E-state index in [-0.39, 0.29) is 0 Å². The minimum absolute atomic E-state index is 0.620. The zero-order valence-electron chi connectivity index (χ0n) is 10.1. The first kappa shape index (κ1) is 11.0. The van der Waals surface area contributed by atoms with Crippen LogP contribution in [0.4, 0.5) is 5.82 Å². The van der Waals surface area contributed by atoms with Crippen LogP contribution in [0, 0.1) is 5.92 Å².